The predicted octanol–water partition coefficient (Wildman–Crippen LogP) is 6.84. The van der Waals surface area contributed by atoms with Crippen molar-refractivity contribution < 1.29 is 0 Å². The summed E-state index contributed by atoms with van der Waals surface area (Å²) in [6.07, 6.45) is 11.5. The molecule has 4 heterocycles. The van der Waals surface area contributed by atoms with Crippen LogP contribution in [0.4, 0.5) is 16.5 Å². The Morgan fingerprint density at radius 3 is 2.68 bits per heavy atom. The summed E-state index contributed by atoms with van der Waals surface area (Å²) in [5.74, 6) is 0. The molecule has 0 aliphatic rings. The zero-order chi connectivity index (χ0) is 25.2. The second-order valence-corrected chi connectivity index (χ2v) is 9.83. The molecule has 0 saturated heterocycles. The van der Waals surface area contributed by atoms with Gasteiger partial charge >= 0.3 is 0 Å². The molecular formula is C29H25N7S. The topological polar surface area (TPSA) is 72.1 Å². The lowest BCUT2D eigenvalue weighted by molar-refractivity contribution is 0.791. The number of benzene rings is 2. The molecule has 0 fully saturated rings. The van der Waals surface area contributed by atoms with Gasteiger partial charge in [-0.1, -0.05) is 54.3 Å². The molecule has 37 heavy (non-hydrogen) atoms. The van der Waals surface area contributed by atoms with E-state index in [2.05, 4.69) is 80.0 Å². The molecule has 0 unspecified atom stereocenters. The van der Waals surface area contributed by atoms with Crippen molar-refractivity contribution in [3.05, 3.63) is 121 Å². The van der Waals surface area contributed by atoms with Crippen molar-refractivity contribution in [1.82, 2.24) is 23.9 Å². The van der Waals surface area contributed by atoms with E-state index < -0.39 is 0 Å². The zero-order valence-corrected chi connectivity index (χ0v) is 21.1. The summed E-state index contributed by atoms with van der Waals surface area (Å²) < 4.78 is 4.16. The number of rotatable bonds is 8. The molecule has 0 bridgehead atoms. The summed E-state index contributed by atoms with van der Waals surface area (Å²) in [6, 6.07) is 20.5. The molecular weight excluding hydrogens is 478 g/mol. The van der Waals surface area contributed by atoms with E-state index in [1.165, 1.54) is 11.1 Å². The fourth-order valence-electron chi connectivity index (χ4n) is 4.17. The van der Waals surface area contributed by atoms with Crippen LogP contribution in [0.3, 0.4) is 0 Å². The van der Waals surface area contributed by atoms with E-state index in [9.17, 15) is 0 Å². The lowest BCUT2D eigenvalue weighted by atomic mass is 10.1. The number of pyridine rings is 1. The van der Waals surface area contributed by atoms with Crippen molar-refractivity contribution in [2.45, 2.75) is 13.5 Å². The van der Waals surface area contributed by atoms with Crippen LogP contribution in [0.2, 0.25) is 0 Å². The van der Waals surface area contributed by atoms with Crippen molar-refractivity contribution in [3.8, 4) is 10.6 Å². The molecule has 0 amide bonds. The molecule has 0 saturated carbocycles. The Morgan fingerprint density at radius 1 is 1.00 bits per heavy atom. The molecule has 2 aromatic carbocycles. The van der Waals surface area contributed by atoms with Crippen LogP contribution < -0.4 is 10.6 Å². The Labute approximate surface area is 218 Å². The number of hydrogen-bond donors (Lipinski definition) is 2. The number of hydrogen-bond acceptors (Lipinski definition) is 6. The van der Waals surface area contributed by atoms with Gasteiger partial charge in [-0.3, -0.25) is 4.40 Å². The van der Waals surface area contributed by atoms with Gasteiger partial charge in [-0.15, -0.1) is 0 Å². The predicted molar refractivity (Wildman–Crippen MR) is 151 cm³/mol. The average molecular weight is 504 g/mol. The molecule has 0 aliphatic carbocycles. The number of aryl methyl sites for hydroxylation is 1. The van der Waals surface area contributed by atoms with Gasteiger partial charge < -0.3 is 15.2 Å². The van der Waals surface area contributed by atoms with Crippen LogP contribution in [0.5, 0.6) is 0 Å². The number of nitrogens with zero attached hydrogens (tertiary/aromatic N) is 5. The third-order valence-electron chi connectivity index (χ3n) is 6.16. The summed E-state index contributed by atoms with van der Waals surface area (Å²) in [5, 5.41) is 7.65. The van der Waals surface area contributed by atoms with Crippen molar-refractivity contribution in [2.24, 2.45) is 0 Å². The largest absolute Gasteiger partial charge is 0.355 e. The lowest BCUT2D eigenvalue weighted by Gasteiger charge is -2.12. The Hall–Kier alpha value is -4.69. The second-order valence-electron chi connectivity index (χ2n) is 8.79. The number of thiazole rings is 1. The first-order valence-corrected chi connectivity index (χ1v) is 12.7. The lowest BCUT2D eigenvalue weighted by Crippen LogP contribution is -1.99. The quantitative estimate of drug-likeness (QED) is 0.238. The fraction of sp³-hybridized carbons (Fsp3) is 0.0690. The monoisotopic (exact) mass is 503 g/mol. The zero-order valence-electron chi connectivity index (χ0n) is 20.3. The summed E-state index contributed by atoms with van der Waals surface area (Å²) in [6.45, 7) is 7.04. The van der Waals surface area contributed by atoms with Crippen molar-refractivity contribution in [3.63, 3.8) is 0 Å². The van der Waals surface area contributed by atoms with Gasteiger partial charge in [0.2, 0.25) is 0 Å². The number of nitrogens with one attached hydrogen (secondary N) is 2. The van der Waals surface area contributed by atoms with Crippen molar-refractivity contribution >= 4 is 39.2 Å². The van der Waals surface area contributed by atoms with Gasteiger partial charge in [0.15, 0.2) is 5.13 Å². The number of anilines is 3. The fourth-order valence-corrected chi connectivity index (χ4v) is 5.01. The molecule has 182 valence electrons. The highest BCUT2D eigenvalue weighted by atomic mass is 32.1. The summed E-state index contributed by atoms with van der Waals surface area (Å²) in [7, 11) is 0. The van der Waals surface area contributed by atoms with E-state index in [4.69, 9.17) is 0 Å². The first kappa shape index (κ1) is 22.8. The summed E-state index contributed by atoms with van der Waals surface area (Å²) >= 11 is 1.60. The highest BCUT2D eigenvalue weighted by Gasteiger charge is 2.11. The van der Waals surface area contributed by atoms with Gasteiger partial charge in [0, 0.05) is 48.4 Å². The van der Waals surface area contributed by atoms with E-state index in [0.29, 0.717) is 0 Å². The van der Waals surface area contributed by atoms with Gasteiger partial charge in [-0.05, 0) is 47.9 Å². The normalized spacial score (nSPS) is 11.1. The van der Waals surface area contributed by atoms with Crippen molar-refractivity contribution in [1.29, 1.82) is 0 Å². The Bertz CT molecular complexity index is 1680. The maximum absolute atomic E-state index is 4.60. The van der Waals surface area contributed by atoms with Crippen LogP contribution in [0.25, 0.3) is 21.9 Å². The molecule has 4 aromatic heterocycles. The van der Waals surface area contributed by atoms with Gasteiger partial charge in [0.1, 0.15) is 5.65 Å². The number of fused-ring (bicyclic) bond motifs is 1. The number of aromatic nitrogens is 5. The summed E-state index contributed by atoms with van der Waals surface area (Å²) in [4.78, 5) is 14.4. The standard InChI is InChI=1S/C29H25N7S/c1-20-5-3-4-6-25(20)33-21(2)23-8-10-24(11-9-23)34-29-32-16-27(37-29)26-15-31-28-12-7-22(18-36(26)28)17-35-14-13-30-19-35/h3-16,18-19,33H,2,17H2,1H3,(H,32,34). The molecule has 6 rings (SSSR count). The number of para-hydroxylation sites is 1. The van der Waals surface area contributed by atoms with Gasteiger partial charge in [0.25, 0.3) is 0 Å². The minimum atomic E-state index is 0.756. The molecule has 0 atom stereocenters. The molecule has 8 heteroatoms. The van der Waals surface area contributed by atoms with E-state index in [1.807, 2.05) is 59.8 Å². The first-order valence-electron chi connectivity index (χ1n) is 11.9. The highest BCUT2D eigenvalue weighted by Crippen LogP contribution is 2.32. The van der Waals surface area contributed by atoms with E-state index in [-0.39, 0.29) is 0 Å². The minimum absolute atomic E-state index is 0.756. The molecule has 2 N–H and O–H groups in total. The van der Waals surface area contributed by atoms with Crippen LogP contribution in [-0.2, 0) is 6.54 Å². The SMILES string of the molecule is C=C(Nc1ccccc1C)c1ccc(Nc2ncc(-c3cnc4ccc(Cn5ccnc5)cn34)s2)cc1. The minimum Gasteiger partial charge on any atom is -0.355 e. The van der Waals surface area contributed by atoms with Crippen LogP contribution in [0.1, 0.15) is 16.7 Å². The van der Waals surface area contributed by atoms with Crippen LogP contribution in [0, 0.1) is 6.92 Å². The van der Waals surface area contributed by atoms with Crippen LogP contribution in [-0.4, -0.2) is 23.9 Å². The van der Waals surface area contributed by atoms with Crippen LogP contribution >= 0.6 is 11.3 Å². The average Bonchev–Trinajstić information content (AvgIpc) is 3.67. The van der Waals surface area contributed by atoms with E-state index in [1.54, 1.807) is 17.5 Å². The van der Waals surface area contributed by atoms with Crippen LogP contribution in [0.15, 0.2) is 105 Å². The highest BCUT2D eigenvalue weighted by molar-refractivity contribution is 7.18. The molecule has 0 aliphatic heterocycles. The van der Waals surface area contributed by atoms with E-state index in [0.717, 1.165) is 50.5 Å². The summed E-state index contributed by atoms with van der Waals surface area (Å²) in [5.41, 5.74) is 8.20. The third kappa shape index (κ3) is 4.87. The Kier molecular flexibility index (Phi) is 6.00. The Morgan fingerprint density at radius 2 is 1.86 bits per heavy atom. The van der Waals surface area contributed by atoms with Gasteiger partial charge in [0.05, 0.1) is 23.1 Å². The smallest absolute Gasteiger partial charge is 0.187 e. The molecule has 0 radical (unpaired) electrons. The van der Waals surface area contributed by atoms with Crippen molar-refractivity contribution in [2.75, 3.05) is 10.6 Å². The Balaban J connectivity index is 1.16. The molecule has 6 aromatic rings. The first-order chi connectivity index (χ1) is 18.1. The van der Waals surface area contributed by atoms with Gasteiger partial charge in [-0.25, -0.2) is 15.0 Å². The second kappa shape index (κ2) is 9.75. The maximum atomic E-state index is 4.60. The number of imidazole rings is 2. The van der Waals surface area contributed by atoms with Gasteiger partial charge in [-0.2, -0.15) is 0 Å². The molecule has 0 spiro atoms. The maximum Gasteiger partial charge on any atom is 0.187 e. The van der Waals surface area contributed by atoms with E-state index >= 15 is 0 Å². The third-order valence-corrected chi connectivity index (χ3v) is 7.10. The molecule has 7 nitrogen and oxygen atoms in total.